The number of rotatable bonds is 8. The standard InChI is InChI=1S/C16H34N2/c1-6-7-8-9-18(14(4)5)16(12-17)10-15(11-16)13(2)3/h13-15H,6-12,17H2,1-5H3. The molecule has 0 bridgehead atoms. The van der Waals surface area contributed by atoms with Crippen LogP contribution in [0.15, 0.2) is 0 Å². The van der Waals surface area contributed by atoms with Crippen molar-refractivity contribution in [2.24, 2.45) is 17.6 Å². The second-order valence-corrected chi connectivity index (χ2v) is 6.84. The highest BCUT2D eigenvalue weighted by molar-refractivity contribution is 5.04. The van der Waals surface area contributed by atoms with Gasteiger partial charge in [0.25, 0.3) is 0 Å². The fraction of sp³-hybridized carbons (Fsp3) is 1.00. The Hall–Kier alpha value is -0.0800. The Bertz CT molecular complexity index is 229. The fourth-order valence-corrected chi connectivity index (χ4v) is 3.48. The summed E-state index contributed by atoms with van der Waals surface area (Å²) in [6.07, 6.45) is 6.59. The maximum absolute atomic E-state index is 6.13. The van der Waals surface area contributed by atoms with E-state index in [2.05, 4.69) is 39.5 Å². The van der Waals surface area contributed by atoms with Crippen molar-refractivity contribution in [2.45, 2.75) is 78.3 Å². The van der Waals surface area contributed by atoms with E-state index >= 15 is 0 Å². The largest absolute Gasteiger partial charge is 0.329 e. The van der Waals surface area contributed by atoms with Crippen molar-refractivity contribution in [1.29, 1.82) is 0 Å². The minimum atomic E-state index is 0.316. The highest BCUT2D eigenvalue weighted by Crippen LogP contribution is 2.46. The Balaban J connectivity index is 2.59. The summed E-state index contributed by atoms with van der Waals surface area (Å²) in [7, 11) is 0. The number of nitrogens with two attached hydrogens (primary N) is 1. The summed E-state index contributed by atoms with van der Waals surface area (Å²) in [5, 5.41) is 0. The first kappa shape index (κ1) is 16.0. The van der Waals surface area contributed by atoms with Gasteiger partial charge in [0, 0.05) is 18.1 Å². The third-order valence-electron chi connectivity index (χ3n) is 4.84. The van der Waals surface area contributed by atoms with Crippen LogP contribution >= 0.6 is 0 Å². The molecule has 0 aromatic rings. The molecule has 1 fully saturated rings. The lowest BCUT2D eigenvalue weighted by Crippen LogP contribution is -2.64. The van der Waals surface area contributed by atoms with Gasteiger partial charge in [-0.25, -0.2) is 0 Å². The van der Waals surface area contributed by atoms with E-state index in [4.69, 9.17) is 5.73 Å². The summed E-state index contributed by atoms with van der Waals surface area (Å²) in [6.45, 7) is 13.7. The number of hydrogen-bond acceptors (Lipinski definition) is 2. The van der Waals surface area contributed by atoms with E-state index in [1.807, 2.05) is 0 Å². The van der Waals surface area contributed by atoms with Crippen LogP contribution in [-0.4, -0.2) is 29.6 Å². The van der Waals surface area contributed by atoms with Crippen molar-refractivity contribution in [3.8, 4) is 0 Å². The molecule has 0 aliphatic heterocycles. The molecule has 0 heterocycles. The SMILES string of the molecule is CCCCCN(C(C)C)C1(CN)CC(C(C)C)C1. The molecule has 2 N–H and O–H groups in total. The van der Waals surface area contributed by atoms with Crippen LogP contribution in [0.25, 0.3) is 0 Å². The minimum Gasteiger partial charge on any atom is -0.329 e. The molecule has 18 heavy (non-hydrogen) atoms. The second-order valence-electron chi connectivity index (χ2n) is 6.84. The summed E-state index contributed by atoms with van der Waals surface area (Å²) in [6, 6.07) is 0.624. The van der Waals surface area contributed by atoms with E-state index in [-0.39, 0.29) is 0 Å². The average molecular weight is 254 g/mol. The van der Waals surface area contributed by atoms with Crippen molar-refractivity contribution in [2.75, 3.05) is 13.1 Å². The third kappa shape index (κ3) is 3.48. The van der Waals surface area contributed by atoms with Gasteiger partial charge < -0.3 is 5.73 Å². The zero-order valence-corrected chi connectivity index (χ0v) is 13.2. The first-order chi connectivity index (χ1) is 8.46. The summed E-state index contributed by atoms with van der Waals surface area (Å²) >= 11 is 0. The molecule has 0 atom stereocenters. The van der Waals surface area contributed by atoms with Crippen LogP contribution in [0.2, 0.25) is 0 Å². The van der Waals surface area contributed by atoms with Gasteiger partial charge in [0.05, 0.1) is 0 Å². The highest BCUT2D eigenvalue weighted by Gasteiger charge is 2.48. The summed E-state index contributed by atoms with van der Waals surface area (Å²) in [4.78, 5) is 2.70. The van der Waals surface area contributed by atoms with Gasteiger partial charge in [0.15, 0.2) is 0 Å². The average Bonchev–Trinajstić information content (AvgIpc) is 2.25. The van der Waals surface area contributed by atoms with Crippen LogP contribution in [0.5, 0.6) is 0 Å². The normalized spacial score (nSPS) is 28.2. The lowest BCUT2D eigenvalue weighted by Gasteiger charge is -2.57. The molecule has 0 amide bonds. The summed E-state index contributed by atoms with van der Waals surface area (Å²) < 4.78 is 0. The topological polar surface area (TPSA) is 29.3 Å². The van der Waals surface area contributed by atoms with Crippen LogP contribution < -0.4 is 5.73 Å². The molecule has 0 aromatic carbocycles. The number of nitrogens with zero attached hydrogens (tertiary/aromatic N) is 1. The monoisotopic (exact) mass is 254 g/mol. The zero-order chi connectivity index (χ0) is 13.8. The van der Waals surface area contributed by atoms with Gasteiger partial charge in [0.1, 0.15) is 0 Å². The second kappa shape index (κ2) is 6.91. The van der Waals surface area contributed by atoms with Crippen molar-refractivity contribution < 1.29 is 0 Å². The fourth-order valence-electron chi connectivity index (χ4n) is 3.48. The smallest absolute Gasteiger partial charge is 0.0339 e. The molecule has 2 nitrogen and oxygen atoms in total. The summed E-state index contributed by atoms with van der Waals surface area (Å²) in [5.74, 6) is 1.70. The predicted molar refractivity (Wildman–Crippen MR) is 80.7 cm³/mol. The van der Waals surface area contributed by atoms with Gasteiger partial charge in [-0.2, -0.15) is 0 Å². The molecule has 0 unspecified atom stereocenters. The Morgan fingerprint density at radius 1 is 1.17 bits per heavy atom. The first-order valence-corrected chi connectivity index (χ1v) is 7.93. The van der Waals surface area contributed by atoms with Crippen molar-refractivity contribution in [3.05, 3.63) is 0 Å². The van der Waals surface area contributed by atoms with Gasteiger partial charge in [-0.1, -0.05) is 33.6 Å². The molecule has 0 saturated heterocycles. The molecule has 1 rings (SSSR count). The van der Waals surface area contributed by atoms with E-state index in [9.17, 15) is 0 Å². The Morgan fingerprint density at radius 3 is 2.17 bits per heavy atom. The molecule has 1 aliphatic rings. The third-order valence-corrected chi connectivity index (χ3v) is 4.84. The molecular weight excluding hydrogens is 220 g/mol. The molecule has 1 saturated carbocycles. The molecule has 0 spiro atoms. The molecule has 2 heteroatoms. The minimum absolute atomic E-state index is 0.316. The zero-order valence-electron chi connectivity index (χ0n) is 13.2. The lowest BCUT2D eigenvalue weighted by atomic mass is 9.62. The summed E-state index contributed by atoms with van der Waals surface area (Å²) in [5.41, 5.74) is 6.45. The molecule has 108 valence electrons. The van der Waals surface area contributed by atoms with Gasteiger partial charge in [-0.3, -0.25) is 4.90 Å². The Kier molecular flexibility index (Phi) is 6.13. The van der Waals surface area contributed by atoms with Gasteiger partial charge in [-0.15, -0.1) is 0 Å². The van der Waals surface area contributed by atoms with Crippen LogP contribution in [-0.2, 0) is 0 Å². The van der Waals surface area contributed by atoms with E-state index < -0.39 is 0 Å². The number of unbranched alkanes of at least 4 members (excludes halogenated alkanes) is 2. The lowest BCUT2D eigenvalue weighted by molar-refractivity contribution is -0.0531. The Morgan fingerprint density at radius 2 is 1.78 bits per heavy atom. The molecular formula is C16H34N2. The van der Waals surface area contributed by atoms with Crippen LogP contribution in [0.4, 0.5) is 0 Å². The highest BCUT2D eigenvalue weighted by atomic mass is 15.2. The maximum atomic E-state index is 6.13. The Labute approximate surface area is 114 Å². The van der Waals surface area contributed by atoms with Crippen LogP contribution in [0.1, 0.15) is 66.7 Å². The predicted octanol–water partition coefficient (Wildman–Crippen LogP) is 3.65. The van der Waals surface area contributed by atoms with E-state index in [0.717, 1.165) is 18.4 Å². The van der Waals surface area contributed by atoms with Crippen molar-refractivity contribution >= 4 is 0 Å². The molecule has 0 aromatic heterocycles. The first-order valence-electron chi connectivity index (χ1n) is 7.93. The quantitative estimate of drug-likeness (QED) is 0.670. The molecule has 0 radical (unpaired) electrons. The van der Waals surface area contributed by atoms with Gasteiger partial charge >= 0.3 is 0 Å². The van der Waals surface area contributed by atoms with E-state index in [0.29, 0.717) is 11.6 Å². The van der Waals surface area contributed by atoms with Crippen LogP contribution in [0, 0.1) is 11.8 Å². The van der Waals surface area contributed by atoms with Gasteiger partial charge in [0.2, 0.25) is 0 Å². The van der Waals surface area contributed by atoms with Crippen molar-refractivity contribution in [3.63, 3.8) is 0 Å². The number of hydrogen-bond donors (Lipinski definition) is 1. The van der Waals surface area contributed by atoms with E-state index in [1.165, 1.54) is 38.6 Å². The van der Waals surface area contributed by atoms with Crippen molar-refractivity contribution in [1.82, 2.24) is 4.90 Å². The van der Waals surface area contributed by atoms with Crippen LogP contribution in [0.3, 0.4) is 0 Å². The van der Waals surface area contributed by atoms with Gasteiger partial charge in [-0.05, 0) is 51.5 Å². The maximum Gasteiger partial charge on any atom is 0.0339 e. The van der Waals surface area contributed by atoms with E-state index in [1.54, 1.807) is 0 Å². The molecule has 1 aliphatic carbocycles.